The summed E-state index contributed by atoms with van der Waals surface area (Å²) in [4.78, 5) is 10.3. The second-order valence-electron chi connectivity index (χ2n) is 2.57. The highest BCUT2D eigenvalue weighted by Gasteiger charge is 1.91. The van der Waals surface area contributed by atoms with E-state index in [-0.39, 0.29) is 5.12 Å². The van der Waals surface area contributed by atoms with Gasteiger partial charge in [-0.05, 0) is 26.7 Å². The third-order valence-corrected chi connectivity index (χ3v) is 1.37. The molecule has 0 N–H and O–H groups in total. The Kier molecular flexibility index (Phi) is 5.40. The second kappa shape index (κ2) is 5.54. The largest absolute Gasteiger partial charge is 0.288 e. The number of carbonyl (C=O) groups is 1. The summed E-state index contributed by atoms with van der Waals surface area (Å²) in [7, 11) is 0. The molecule has 0 bridgehead atoms. The molecule has 0 aromatic rings. The molecule has 0 fully saturated rings. The summed E-state index contributed by atoms with van der Waals surface area (Å²) in [5, 5.41) is -0.0119. The lowest BCUT2D eigenvalue weighted by Gasteiger charge is -1.91. The van der Waals surface area contributed by atoms with Crippen LogP contribution in [0.4, 0.5) is 0 Å². The standard InChI is InChI=1S/C8H14OS/c1-7(2)5-3-4-6-8(9)10/h5H,3-4,6H2,1-2H3,(H,9,10). The topological polar surface area (TPSA) is 17.1 Å². The maximum atomic E-state index is 10.3. The Hall–Kier alpha value is -0.240. The molecule has 0 amide bonds. The zero-order valence-corrected chi connectivity index (χ0v) is 7.45. The molecule has 0 aliphatic carbocycles. The summed E-state index contributed by atoms with van der Waals surface area (Å²) in [5.74, 6) is 0. The number of carbonyl (C=O) groups excluding carboxylic acids is 1. The molecule has 0 heterocycles. The smallest absolute Gasteiger partial charge is 0.185 e. The van der Waals surface area contributed by atoms with Gasteiger partial charge in [0.25, 0.3) is 0 Å². The van der Waals surface area contributed by atoms with Crippen LogP contribution in [0.1, 0.15) is 33.1 Å². The van der Waals surface area contributed by atoms with Crippen molar-refractivity contribution in [1.82, 2.24) is 0 Å². The van der Waals surface area contributed by atoms with Gasteiger partial charge in [-0.3, -0.25) is 4.79 Å². The highest BCUT2D eigenvalue weighted by molar-refractivity contribution is 7.96. The monoisotopic (exact) mass is 158 g/mol. The Morgan fingerprint density at radius 3 is 2.50 bits per heavy atom. The van der Waals surface area contributed by atoms with Gasteiger partial charge in [-0.1, -0.05) is 11.6 Å². The highest BCUT2D eigenvalue weighted by atomic mass is 32.1. The Morgan fingerprint density at radius 1 is 1.50 bits per heavy atom. The van der Waals surface area contributed by atoms with Crippen molar-refractivity contribution >= 4 is 17.7 Å². The summed E-state index contributed by atoms with van der Waals surface area (Å²) in [5.41, 5.74) is 1.31. The number of rotatable bonds is 4. The molecule has 1 nitrogen and oxygen atoms in total. The van der Waals surface area contributed by atoms with Gasteiger partial charge in [0.05, 0.1) is 0 Å². The zero-order valence-electron chi connectivity index (χ0n) is 6.55. The van der Waals surface area contributed by atoms with Crippen LogP contribution in [-0.4, -0.2) is 5.12 Å². The predicted molar refractivity (Wildman–Crippen MR) is 47.3 cm³/mol. The van der Waals surface area contributed by atoms with E-state index in [2.05, 4.69) is 32.6 Å². The van der Waals surface area contributed by atoms with Crippen molar-refractivity contribution in [1.29, 1.82) is 0 Å². The van der Waals surface area contributed by atoms with Crippen molar-refractivity contribution in [2.24, 2.45) is 0 Å². The predicted octanol–water partition coefficient (Wildman–Crippen LogP) is 2.58. The van der Waals surface area contributed by atoms with E-state index in [1.807, 2.05) is 0 Å². The molecule has 0 rings (SSSR count). The van der Waals surface area contributed by atoms with E-state index >= 15 is 0 Å². The molecule has 0 saturated heterocycles. The average molecular weight is 158 g/mol. The molecule has 0 aromatic carbocycles. The number of allylic oxidation sites excluding steroid dienone is 2. The lowest BCUT2D eigenvalue weighted by atomic mass is 10.2. The summed E-state index contributed by atoms with van der Waals surface area (Å²) < 4.78 is 0. The molecular weight excluding hydrogens is 144 g/mol. The van der Waals surface area contributed by atoms with E-state index in [4.69, 9.17) is 0 Å². The van der Waals surface area contributed by atoms with Gasteiger partial charge in [0.1, 0.15) is 0 Å². The van der Waals surface area contributed by atoms with E-state index in [1.165, 1.54) is 5.57 Å². The molecule has 0 aromatic heterocycles. The lowest BCUT2D eigenvalue weighted by molar-refractivity contribution is -0.110. The van der Waals surface area contributed by atoms with Gasteiger partial charge in [-0.25, -0.2) is 0 Å². The third kappa shape index (κ3) is 7.76. The molecule has 0 spiro atoms. The minimum atomic E-state index is -0.0119. The van der Waals surface area contributed by atoms with E-state index < -0.39 is 0 Å². The number of hydrogen-bond acceptors (Lipinski definition) is 1. The minimum absolute atomic E-state index is 0.0119. The Labute approximate surface area is 67.9 Å². The fraction of sp³-hybridized carbons (Fsp3) is 0.625. The normalized spacial score (nSPS) is 9.10. The maximum absolute atomic E-state index is 10.3. The van der Waals surface area contributed by atoms with Crippen molar-refractivity contribution in [2.75, 3.05) is 0 Å². The van der Waals surface area contributed by atoms with E-state index in [9.17, 15) is 4.79 Å². The second-order valence-corrected chi connectivity index (χ2v) is 3.07. The quantitative estimate of drug-likeness (QED) is 0.378. The molecule has 2 heteroatoms. The molecule has 0 unspecified atom stereocenters. The van der Waals surface area contributed by atoms with Crippen molar-refractivity contribution in [3.8, 4) is 0 Å². The first-order chi connectivity index (χ1) is 4.63. The maximum Gasteiger partial charge on any atom is 0.185 e. The van der Waals surface area contributed by atoms with Crippen molar-refractivity contribution < 1.29 is 4.79 Å². The van der Waals surface area contributed by atoms with Crippen molar-refractivity contribution in [3.63, 3.8) is 0 Å². The van der Waals surface area contributed by atoms with Crippen LogP contribution in [-0.2, 0) is 4.79 Å². The first-order valence-electron chi connectivity index (χ1n) is 3.48. The number of hydrogen-bond donors (Lipinski definition) is 1. The van der Waals surface area contributed by atoms with Crippen LogP contribution in [0.5, 0.6) is 0 Å². The Morgan fingerprint density at radius 2 is 2.10 bits per heavy atom. The van der Waals surface area contributed by atoms with Crippen molar-refractivity contribution in [2.45, 2.75) is 33.1 Å². The SMILES string of the molecule is CC(C)=CCCCC(=O)S. The molecule has 10 heavy (non-hydrogen) atoms. The van der Waals surface area contributed by atoms with Gasteiger partial charge in [-0.2, -0.15) is 0 Å². The van der Waals surface area contributed by atoms with Gasteiger partial charge < -0.3 is 0 Å². The van der Waals surface area contributed by atoms with Crippen LogP contribution in [0.15, 0.2) is 11.6 Å². The van der Waals surface area contributed by atoms with Gasteiger partial charge in [0.15, 0.2) is 5.12 Å². The summed E-state index contributed by atoms with van der Waals surface area (Å²) in [6.45, 7) is 4.12. The van der Waals surface area contributed by atoms with Crippen molar-refractivity contribution in [3.05, 3.63) is 11.6 Å². The minimum Gasteiger partial charge on any atom is -0.288 e. The molecule has 0 radical (unpaired) electrons. The zero-order chi connectivity index (χ0) is 7.98. The molecular formula is C8H14OS. The van der Waals surface area contributed by atoms with Gasteiger partial charge in [0, 0.05) is 6.42 Å². The van der Waals surface area contributed by atoms with E-state index in [0.717, 1.165) is 12.8 Å². The molecule has 0 aliphatic heterocycles. The molecule has 0 aliphatic rings. The first-order valence-corrected chi connectivity index (χ1v) is 3.93. The summed E-state index contributed by atoms with van der Waals surface area (Å²) in [6.07, 6.45) is 4.64. The van der Waals surface area contributed by atoms with Crippen LogP contribution in [0, 0.1) is 0 Å². The van der Waals surface area contributed by atoms with Gasteiger partial charge >= 0.3 is 0 Å². The summed E-state index contributed by atoms with van der Waals surface area (Å²) >= 11 is 3.66. The van der Waals surface area contributed by atoms with Crippen LogP contribution in [0.25, 0.3) is 0 Å². The fourth-order valence-corrected chi connectivity index (χ4v) is 0.802. The van der Waals surface area contributed by atoms with Gasteiger partial charge in [-0.15, -0.1) is 12.6 Å². The molecule has 58 valence electrons. The number of thiol groups is 1. The van der Waals surface area contributed by atoms with Gasteiger partial charge in [0.2, 0.25) is 0 Å². The van der Waals surface area contributed by atoms with Crippen LogP contribution in [0.2, 0.25) is 0 Å². The van der Waals surface area contributed by atoms with E-state index in [0.29, 0.717) is 6.42 Å². The number of unbranched alkanes of at least 4 members (excludes halogenated alkanes) is 1. The first kappa shape index (κ1) is 9.76. The van der Waals surface area contributed by atoms with E-state index in [1.54, 1.807) is 0 Å². The van der Waals surface area contributed by atoms with Crippen LogP contribution >= 0.6 is 12.6 Å². The fourth-order valence-electron chi connectivity index (χ4n) is 0.644. The lowest BCUT2D eigenvalue weighted by Crippen LogP contribution is -1.84. The third-order valence-electron chi connectivity index (χ3n) is 1.15. The van der Waals surface area contributed by atoms with Crippen LogP contribution in [0.3, 0.4) is 0 Å². The van der Waals surface area contributed by atoms with Crippen LogP contribution < -0.4 is 0 Å². The highest BCUT2D eigenvalue weighted by Crippen LogP contribution is 2.01. The molecule has 0 saturated carbocycles. The average Bonchev–Trinajstić information content (AvgIpc) is 1.79. The Balaban J connectivity index is 3.21. The Bertz CT molecular complexity index is 134. The summed E-state index contributed by atoms with van der Waals surface area (Å²) in [6, 6.07) is 0. The molecule has 0 atom stereocenters.